The molecule has 0 aliphatic rings. The Balaban J connectivity index is 2.22. The molecule has 0 amide bonds. The van der Waals surface area contributed by atoms with Gasteiger partial charge in [-0.25, -0.2) is 0 Å². The van der Waals surface area contributed by atoms with Crippen LogP contribution in [0.4, 0.5) is 0 Å². The van der Waals surface area contributed by atoms with Crippen molar-refractivity contribution in [2.45, 2.75) is 12.5 Å². The van der Waals surface area contributed by atoms with Crippen molar-refractivity contribution in [2.24, 2.45) is 0 Å². The summed E-state index contributed by atoms with van der Waals surface area (Å²) in [5.74, 6) is 0.816. The standard InChI is InChI=1S/C12H15N3OS/c1-13-11(5-9-6-15-8-17-9)10-3-4-14-7-12(10)16-2/h3-4,6-8,11,13H,5H2,1-2H3. The number of nitrogens with one attached hydrogen (secondary N) is 1. The summed E-state index contributed by atoms with van der Waals surface area (Å²) >= 11 is 1.67. The summed E-state index contributed by atoms with van der Waals surface area (Å²) in [6.07, 6.45) is 6.34. The lowest BCUT2D eigenvalue weighted by Gasteiger charge is -2.18. The Kier molecular flexibility index (Phi) is 4.06. The van der Waals surface area contributed by atoms with Gasteiger partial charge in [-0.1, -0.05) is 0 Å². The highest BCUT2D eigenvalue weighted by molar-refractivity contribution is 7.09. The summed E-state index contributed by atoms with van der Waals surface area (Å²) < 4.78 is 5.33. The number of likely N-dealkylation sites (N-methyl/N-ethyl adjacent to an activating group) is 1. The Morgan fingerprint density at radius 2 is 2.29 bits per heavy atom. The molecule has 1 unspecified atom stereocenters. The van der Waals surface area contributed by atoms with E-state index in [0.29, 0.717) is 0 Å². The van der Waals surface area contributed by atoms with Crippen LogP contribution in [0.15, 0.2) is 30.2 Å². The third-order valence-electron chi connectivity index (χ3n) is 2.65. The maximum absolute atomic E-state index is 5.33. The number of pyridine rings is 1. The fourth-order valence-corrected chi connectivity index (χ4v) is 2.40. The van der Waals surface area contributed by atoms with Gasteiger partial charge in [0.25, 0.3) is 0 Å². The van der Waals surface area contributed by atoms with Crippen LogP contribution in [0.25, 0.3) is 0 Å². The molecule has 90 valence electrons. The average molecular weight is 249 g/mol. The van der Waals surface area contributed by atoms with E-state index in [9.17, 15) is 0 Å². The van der Waals surface area contributed by atoms with Gasteiger partial charge in [0.2, 0.25) is 0 Å². The second kappa shape index (κ2) is 5.75. The largest absolute Gasteiger partial charge is 0.495 e. The van der Waals surface area contributed by atoms with Gasteiger partial charge in [0.15, 0.2) is 0 Å². The van der Waals surface area contributed by atoms with E-state index < -0.39 is 0 Å². The number of hydrogen-bond donors (Lipinski definition) is 1. The van der Waals surface area contributed by atoms with Crippen LogP contribution in [-0.4, -0.2) is 24.1 Å². The Morgan fingerprint density at radius 1 is 1.41 bits per heavy atom. The van der Waals surface area contributed by atoms with Gasteiger partial charge in [-0.15, -0.1) is 11.3 Å². The maximum atomic E-state index is 5.33. The summed E-state index contributed by atoms with van der Waals surface area (Å²) in [7, 11) is 3.62. The van der Waals surface area contributed by atoms with Gasteiger partial charge in [-0.05, 0) is 13.1 Å². The highest BCUT2D eigenvalue weighted by Crippen LogP contribution is 2.27. The molecule has 0 saturated heterocycles. The second-order valence-corrected chi connectivity index (χ2v) is 4.60. The van der Waals surface area contributed by atoms with Gasteiger partial charge in [0.05, 0.1) is 18.8 Å². The monoisotopic (exact) mass is 249 g/mol. The third kappa shape index (κ3) is 2.81. The van der Waals surface area contributed by atoms with Crippen molar-refractivity contribution in [1.82, 2.24) is 15.3 Å². The van der Waals surface area contributed by atoms with Crippen LogP contribution in [0.1, 0.15) is 16.5 Å². The van der Waals surface area contributed by atoms with Crippen molar-refractivity contribution in [2.75, 3.05) is 14.2 Å². The molecule has 0 saturated carbocycles. The van der Waals surface area contributed by atoms with E-state index in [4.69, 9.17) is 4.74 Å². The molecule has 0 bridgehead atoms. The molecule has 0 aromatic carbocycles. The van der Waals surface area contributed by atoms with Gasteiger partial charge < -0.3 is 10.1 Å². The molecule has 2 heterocycles. The van der Waals surface area contributed by atoms with Crippen molar-refractivity contribution in [3.8, 4) is 5.75 Å². The zero-order chi connectivity index (χ0) is 12.1. The lowest BCUT2D eigenvalue weighted by molar-refractivity contribution is 0.399. The highest BCUT2D eigenvalue weighted by atomic mass is 32.1. The molecular weight excluding hydrogens is 234 g/mol. The van der Waals surface area contributed by atoms with E-state index in [1.807, 2.05) is 24.8 Å². The Labute approximate surface area is 105 Å². The Morgan fingerprint density at radius 3 is 2.94 bits per heavy atom. The first-order valence-corrected chi connectivity index (χ1v) is 6.25. The molecule has 1 N–H and O–H groups in total. The molecule has 0 radical (unpaired) electrons. The van der Waals surface area contributed by atoms with Crippen molar-refractivity contribution < 1.29 is 4.74 Å². The molecule has 0 fully saturated rings. The van der Waals surface area contributed by atoms with Crippen LogP contribution in [-0.2, 0) is 6.42 Å². The number of rotatable bonds is 5. The molecule has 0 spiro atoms. The normalized spacial score (nSPS) is 12.4. The van der Waals surface area contributed by atoms with Crippen molar-refractivity contribution in [3.05, 3.63) is 40.6 Å². The zero-order valence-electron chi connectivity index (χ0n) is 9.88. The van der Waals surface area contributed by atoms with Crippen LogP contribution >= 0.6 is 11.3 Å². The topological polar surface area (TPSA) is 47.0 Å². The van der Waals surface area contributed by atoms with Crippen LogP contribution in [0.5, 0.6) is 5.75 Å². The summed E-state index contributed by atoms with van der Waals surface area (Å²) in [4.78, 5) is 9.41. The Bertz CT molecular complexity index is 459. The van der Waals surface area contributed by atoms with Crippen molar-refractivity contribution in [1.29, 1.82) is 0 Å². The summed E-state index contributed by atoms with van der Waals surface area (Å²) in [5, 5.41) is 3.30. The minimum absolute atomic E-state index is 0.216. The smallest absolute Gasteiger partial charge is 0.141 e. The lowest BCUT2D eigenvalue weighted by atomic mass is 10.0. The van der Waals surface area contributed by atoms with Crippen LogP contribution in [0.3, 0.4) is 0 Å². The predicted octanol–water partition coefficient (Wildman–Crippen LogP) is 2.05. The molecule has 2 aromatic heterocycles. The minimum atomic E-state index is 0.216. The molecule has 17 heavy (non-hydrogen) atoms. The molecular formula is C12H15N3OS. The molecule has 2 rings (SSSR count). The summed E-state index contributed by atoms with van der Waals surface area (Å²) in [6, 6.07) is 2.20. The lowest BCUT2D eigenvalue weighted by Crippen LogP contribution is -2.19. The SMILES string of the molecule is CNC(Cc1cncs1)c1ccncc1OC. The molecule has 2 aromatic rings. The number of methoxy groups -OCH3 is 1. The number of ether oxygens (including phenoxy) is 1. The number of hydrogen-bond acceptors (Lipinski definition) is 5. The molecule has 5 heteroatoms. The predicted molar refractivity (Wildman–Crippen MR) is 68.4 cm³/mol. The first-order valence-electron chi connectivity index (χ1n) is 5.37. The van der Waals surface area contributed by atoms with E-state index in [2.05, 4.69) is 15.3 Å². The van der Waals surface area contributed by atoms with E-state index in [-0.39, 0.29) is 6.04 Å². The molecule has 4 nitrogen and oxygen atoms in total. The molecule has 0 aliphatic carbocycles. The maximum Gasteiger partial charge on any atom is 0.141 e. The fraction of sp³-hybridized carbons (Fsp3) is 0.333. The van der Waals surface area contributed by atoms with E-state index in [1.165, 1.54) is 4.88 Å². The molecule has 1 atom stereocenters. The number of nitrogens with zero attached hydrogens (tertiary/aromatic N) is 2. The molecule has 0 aliphatic heterocycles. The van der Waals surface area contributed by atoms with Crippen LogP contribution in [0.2, 0.25) is 0 Å². The van der Waals surface area contributed by atoms with Gasteiger partial charge in [-0.2, -0.15) is 0 Å². The fourth-order valence-electron chi connectivity index (χ4n) is 1.76. The van der Waals surface area contributed by atoms with Crippen molar-refractivity contribution >= 4 is 11.3 Å². The van der Waals surface area contributed by atoms with Gasteiger partial charge in [-0.3, -0.25) is 9.97 Å². The average Bonchev–Trinajstić information content (AvgIpc) is 2.89. The second-order valence-electron chi connectivity index (χ2n) is 3.63. The summed E-state index contributed by atoms with van der Waals surface area (Å²) in [5.41, 5.74) is 2.98. The van der Waals surface area contributed by atoms with Gasteiger partial charge in [0.1, 0.15) is 5.75 Å². The minimum Gasteiger partial charge on any atom is -0.495 e. The highest BCUT2D eigenvalue weighted by Gasteiger charge is 2.15. The number of aromatic nitrogens is 2. The van der Waals surface area contributed by atoms with E-state index in [0.717, 1.165) is 17.7 Å². The first kappa shape index (κ1) is 12.0. The van der Waals surface area contributed by atoms with E-state index >= 15 is 0 Å². The quantitative estimate of drug-likeness (QED) is 0.881. The summed E-state index contributed by atoms with van der Waals surface area (Å²) in [6.45, 7) is 0. The van der Waals surface area contributed by atoms with Crippen LogP contribution in [0, 0.1) is 0 Å². The zero-order valence-corrected chi connectivity index (χ0v) is 10.7. The van der Waals surface area contributed by atoms with Crippen LogP contribution < -0.4 is 10.1 Å². The van der Waals surface area contributed by atoms with Gasteiger partial charge in [0, 0.05) is 35.3 Å². The Hall–Kier alpha value is -1.46. The van der Waals surface area contributed by atoms with E-state index in [1.54, 1.807) is 30.8 Å². The van der Waals surface area contributed by atoms with Crippen molar-refractivity contribution in [3.63, 3.8) is 0 Å². The first-order chi connectivity index (χ1) is 8.35. The third-order valence-corrected chi connectivity index (χ3v) is 3.45. The van der Waals surface area contributed by atoms with Gasteiger partial charge >= 0.3 is 0 Å². The number of thiazole rings is 1.